The molecular formula is C8H18. The highest BCUT2D eigenvalue weighted by molar-refractivity contribution is 4.77. The van der Waals surface area contributed by atoms with E-state index in [1.807, 2.05) is 13.8 Å². The van der Waals surface area contributed by atoms with Crippen molar-refractivity contribution >= 4 is 0 Å². The highest BCUT2D eigenvalue weighted by Gasteiger charge is 1.60. The fraction of sp³-hybridized carbons (Fsp3) is 0.750. The Morgan fingerprint density at radius 3 is 1.25 bits per heavy atom. The molecular weight excluding hydrogens is 96.1 g/mol. The van der Waals surface area contributed by atoms with E-state index in [0.29, 0.717) is 0 Å². The molecule has 0 heteroatoms. The molecule has 8 heavy (non-hydrogen) atoms. The van der Waals surface area contributed by atoms with Crippen molar-refractivity contribution in [3.8, 4) is 0 Å². The minimum atomic E-state index is 1.17. The molecule has 0 spiro atoms. The maximum atomic E-state index is 2.18. The molecule has 0 heterocycles. The van der Waals surface area contributed by atoms with Crippen LogP contribution in [-0.2, 0) is 0 Å². The molecule has 0 saturated carbocycles. The lowest BCUT2D eigenvalue weighted by molar-refractivity contribution is 1.16. The summed E-state index contributed by atoms with van der Waals surface area (Å²) >= 11 is 0. The Kier molecular flexibility index (Phi) is 21.2. The van der Waals surface area contributed by atoms with E-state index in [1.165, 1.54) is 12.8 Å². The third kappa shape index (κ3) is 17.2. The minimum Gasteiger partial charge on any atom is -0.0888 e. The van der Waals surface area contributed by atoms with Crippen molar-refractivity contribution in [3.63, 3.8) is 0 Å². The van der Waals surface area contributed by atoms with Gasteiger partial charge in [-0.2, -0.15) is 0 Å². The van der Waals surface area contributed by atoms with Crippen LogP contribution in [0.5, 0.6) is 0 Å². The Labute approximate surface area is 53.6 Å². The molecule has 50 valence electrons. The second-order valence-corrected chi connectivity index (χ2v) is 1.29. The van der Waals surface area contributed by atoms with Gasteiger partial charge in [-0.15, -0.1) is 0 Å². The normalized spacial score (nSPS) is 8.50. The van der Waals surface area contributed by atoms with Crippen molar-refractivity contribution in [1.29, 1.82) is 0 Å². The van der Waals surface area contributed by atoms with Crippen molar-refractivity contribution in [2.45, 2.75) is 40.5 Å². The third-order valence-corrected chi connectivity index (χ3v) is 0.638. The SMILES string of the molecule is CC.CCC=CCC. The van der Waals surface area contributed by atoms with E-state index in [0.717, 1.165) is 0 Å². The second kappa shape index (κ2) is 15.9. The first-order valence-electron chi connectivity index (χ1n) is 3.56. The van der Waals surface area contributed by atoms with Crippen molar-refractivity contribution in [1.82, 2.24) is 0 Å². The van der Waals surface area contributed by atoms with Crippen LogP contribution >= 0.6 is 0 Å². The van der Waals surface area contributed by atoms with Gasteiger partial charge in [0.25, 0.3) is 0 Å². The monoisotopic (exact) mass is 114 g/mol. The van der Waals surface area contributed by atoms with Crippen LogP contribution in [-0.4, -0.2) is 0 Å². The van der Waals surface area contributed by atoms with Gasteiger partial charge in [-0.25, -0.2) is 0 Å². The first-order valence-corrected chi connectivity index (χ1v) is 3.56. The zero-order valence-electron chi connectivity index (χ0n) is 6.57. The third-order valence-electron chi connectivity index (χ3n) is 0.638. The molecule has 0 rings (SSSR count). The summed E-state index contributed by atoms with van der Waals surface area (Å²) in [4.78, 5) is 0. The first kappa shape index (κ1) is 10.7. The van der Waals surface area contributed by atoms with Gasteiger partial charge in [0.2, 0.25) is 0 Å². The van der Waals surface area contributed by atoms with Crippen LogP contribution in [0.15, 0.2) is 12.2 Å². The Hall–Kier alpha value is -0.260. The quantitative estimate of drug-likeness (QED) is 0.483. The van der Waals surface area contributed by atoms with E-state index in [1.54, 1.807) is 0 Å². The Bertz CT molecular complexity index is 29.3. The molecule has 0 nitrogen and oxygen atoms in total. The van der Waals surface area contributed by atoms with Crippen LogP contribution in [0.1, 0.15) is 40.5 Å². The van der Waals surface area contributed by atoms with Gasteiger partial charge >= 0.3 is 0 Å². The molecule has 0 aliphatic rings. The lowest BCUT2D eigenvalue weighted by Gasteiger charge is -1.72. The molecule has 0 bridgehead atoms. The summed E-state index contributed by atoms with van der Waals surface area (Å²) in [6.45, 7) is 8.29. The van der Waals surface area contributed by atoms with Gasteiger partial charge in [0.15, 0.2) is 0 Å². The van der Waals surface area contributed by atoms with Crippen molar-refractivity contribution in [2.75, 3.05) is 0 Å². The van der Waals surface area contributed by atoms with Gasteiger partial charge in [0, 0.05) is 0 Å². The summed E-state index contributed by atoms with van der Waals surface area (Å²) < 4.78 is 0. The van der Waals surface area contributed by atoms with Crippen LogP contribution in [0.2, 0.25) is 0 Å². The van der Waals surface area contributed by atoms with E-state index in [2.05, 4.69) is 26.0 Å². The average molecular weight is 114 g/mol. The van der Waals surface area contributed by atoms with Gasteiger partial charge in [0.05, 0.1) is 0 Å². The highest BCUT2D eigenvalue weighted by atomic mass is 13.7. The van der Waals surface area contributed by atoms with Crippen LogP contribution in [0.25, 0.3) is 0 Å². The van der Waals surface area contributed by atoms with Crippen LogP contribution in [0.4, 0.5) is 0 Å². The topological polar surface area (TPSA) is 0 Å². The number of rotatable bonds is 2. The molecule has 0 aromatic heterocycles. The molecule has 0 aliphatic carbocycles. The largest absolute Gasteiger partial charge is 0.0888 e. The molecule has 0 fully saturated rings. The van der Waals surface area contributed by atoms with Gasteiger partial charge in [0.1, 0.15) is 0 Å². The van der Waals surface area contributed by atoms with Crippen molar-refractivity contribution in [2.24, 2.45) is 0 Å². The standard InChI is InChI=1S/C6H12.C2H6/c1-3-5-6-4-2;1-2/h5-6H,3-4H2,1-2H3;1-2H3. The maximum Gasteiger partial charge on any atom is -0.0379 e. The van der Waals surface area contributed by atoms with E-state index in [-0.39, 0.29) is 0 Å². The van der Waals surface area contributed by atoms with Crippen LogP contribution in [0.3, 0.4) is 0 Å². The molecule has 0 unspecified atom stereocenters. The summed E-state index contributed by atoms with van der Waals surface area (Å²) in [6, 6.07) is 0. The molecule has 0 radical (unpaired) electrons. The minimum absolute atomic E-state index is 1.17. The summed E-state index contributed by atoms with van der Waals surface area (Å²) in [5.74, 6) is 0. The van der Waals surface area contributed by atoms with E-state index in [4.69, 9.17) is 0 Å². The van der Waals surface area contributed by atoms with Gasteiger partial charge in [-0.3, -0.25) is 0 Å². The molecule has 0 N–H and O–H groups in total. The molecule has 0 saturated heterocycles. The Balaban J connectivity index is 0. The lowest BCUT2D eigenvalue weighted by atomic mass is 10.4. The molecule has 0 aromatic rings. The van der Waals surface area contributed by atoms with Gasteiger partial charge in [-0.1, -0.05) is 39.8 Å². The fourth-order valence-corrected chi connectivity index (χ4v) is 0.333. The van der Waals surface area contributed by atoms with Gasteiger partial charge < -0.3 is 0 Å². The molecule has 0 aliphatic heterocycles. The lowest BCUT2D eigenvalue weighted by Crippen LogP contribution is -1.51. The zero-order valence-corrected chi connectivity index (χ0v) is 6.57. The van der Waals surface area contributed by atoms with Crippen molar-refractivity contribution < 1.29 is 0 Å². The maximum absolute atomic E-state index is 2.18. The summed E-state index contributed by atoms with van der Waals surface area (Å²) in [6.07, 6.45) is 6.71. The fourth-order valence-electron chi connectivity index (χ4n) is 0.333. The van der Waals surface area contributed by atoms with Gasteiger partial charge in [-0.05, 0) is 12.8 Å². The first-order chi connectivity index (χ1) is 3.91. The molecule has 0 atom stereocenters. The summed E-state index contributed by atoms with van der Waals surface area (Å²) in [5, 5.41) is 0. The zero-order chi connectivity index (χ0) is 6.83. The van der Waals surface area contributed by atoms with E-state index >= 15 is 0 Å². The Morgan fingerprint density at radius 2 is 1.12 bits per heavy atom. The predicted molar refractivity (Wildman–Crippen MR) is 41.1 cm³/mol. The van der Waals surface area contributed by atoms with Crippen molar-refractivity contribution in [3.05, 3.63) is 12.2 Å². The smallest absolute Gasteiger partial charge is 0.0379 e. The second-order valence-electron chi connectivity index (χ2n) is 1.29. The predicted octanol–water partition coefficient (Wildman–Crippen LogP) is 3.39. The van der Waals surface area contributed by atoms with Crippen LogP contribution in [0, 0.1) is 0 Å². The van der Waals surface area contributed by atoms with E-state index in [9.17, 15) is 0 Å². The number of allylic oxidation sites excluding steroid dienone is 2. The molecule has 0 aromatic carbocycles. The van der Waals surface area contributed by atoms with Crippen LogP contribution < -0.4 is 0 Å². The van der Waals surface area contributed by atoms with E-state index < -0.39 is 0 Å². The number of hydrogen-bond acceptors (Lipinski definition) is 0. The summed E-state index contributed by atoms with van der Waals surface area (Å²) in [5.41, 5.74) is 0. The highest BCUT2D eigenvalue weighted by Crippen LogP contribution is 1.81. The molecule has 0 amide bonds. The summed E-state index contributed by atoms with van der Waals surface area (Å²) in [7, 11) is 0. The Morgan fingerprint density at radius 1 is 0.875 bits per heavy atom. The number of hydrogen-bond donors (Lipinski definition) is 0. The average Bonchev–Trinajstić information content (AvgIpc) is 1.88.